The van der Waals surface area contributed by atoms with Crippen LogP contribution in [-0.4, -0.2) is 21.5 Å². The first-order valence-corrected chi connectivity index (χ1v) is 12.1. The predicted octanol–water partition coefficient (Wildman–Crippen LogP) is 6.18. The summed E-state index contributed by atoms with van der Waals surface area (Å²) in [6.07, 6.45) is 1.63. The van der Waals surface area contributed by atoms with Crippen molar-refractivity contribution in [3.05, 3.63) is 87.2 Å². The monoisotopic (exact) mass is 505 g/mol. The molecule has 0 radical (unpaired) electrons. The van der Waals surface area contributed by atoms with Gasteiger partial charge in [-0.1, -0.05) is 50.6 Å². The molecule has 1 saturated heterocycles. The minimum absolute atomic E-state index is 0.0151. The molecule has 0 saturated carbocycles. The van der Waals surface area contributed by atoms with Gasteiger partial charge in [0, 0.05) is 22.1 Å². The molecule has 4 rings (SSSR count). The average Bonchev–Trinajstić information content (AvgIpc) is 3.06. The van der Waals surface area contributed by atoms with Gasteiger partial charge < -0.3 is 4.57 Å². The molecule has 7 heteroatoms. The maximum atomic E-state index is 13.5. The molecule has 0 bridgehead atoms. The van der Waals surface area contributed by atoms with Crippen LogP contribution >= 0.6 is 23.8 Å². The van der Waals surface area contributed by atoms with E-state index in [1.165, 1.54) is 10.5 Å². The van der Waals surface area contributed by atoms with Crippen LogP contribution in [0.15, 0.2) is 54.1 Å². The van der Waals surface area contributed by atoms with E-state index in [0.29, 0.717) is 16.3 Å². The lowest BCUT2D eigenvalue weighted by Gasteiger charge is -2.30. The number of aryl methyl sites for hydroxylation is 1. The van der Waals surface area contributed by atoms with Crippen molar-refractivity contribution in [1.29, 1.82) is 0 Å². The highest BCUT2D eigenvalue weighted by molar-refractivity contribution is 7.80. The summed E-state index contributed by atoms with van der Waals surface area (Å²) in [5, 5.41) is 3.20. The Bertz CT molecular complexity index is 1390. The summed E-state index contributed by atoms with van der Waals surface area (Å²) in [6.45, 7) is 12.4. The van der Waals surface area contributed by atoms with Gasteiger partial charge in [0.25, 0.3) is 11.8 Å². The van der Waals surface area contributed by atoms with E-state index in [-0.39, 0.29) is 16.1 Å². The highest BCUT2D eigenvalue weighted by atomic mass is 35.5. The number of nitrogens with one attached hydrogen (secondary N) is 1. The van der Waals surface area contributed by atoms with Gasteiger partial charge >= 0.3 is 0 Å². The summed E-state index contributed by atoms with van der Waals surface area (Å²) < 4.78 is 2.12. The highest BCUT2D eigenvalue weighted by Crippen LogP contribution is 2.31. The second-order valence-corrected chi connectivity index (χ2v) is 10.6. The van der Waals surface area contributed by atoms with Crippen molar-refractivity contribution in [1.82, 2.24) is 9.88 Å². The summed E-state index contributed by atoms with van der Waals surface area (Å²) in [7, 11) is 0. The Morgan fingerprint density at radius 1 is 1.00 bits per heavy atom. The molecular weight excluding hydrogens is 478 g/mol. The van der Waals surface area contributed by atoms with Gasteiger partial charge in [-0.25, -0.2) is 0 Å². The third-order valence-electron chi connectivity index (χ3n) is 6.34. The van der Waals surface area contributed by atoms with Crippen LogP contribution in [0.3, 0.4) is 0 Å². The number of thiocarbonyl (C=S) groups is 1. The molecule has 5 nitrogen and oxygen atoms in total. The number of halogens is 1. The van der Waals surface area contributed by atoms with Crippen LogP contribution in [0.5, 0.6) is 0 Å². The number of aromatic nitrogens is 1. The molecular formula is C28H28ClN3O2S. The SMILES string of the molecule is Cc1c(Cl)cccc1N1C(=O)/C(=C/c2cc(C)n(-c3ccc(C(C)(C)C)cc3)c2C)C(=O)NC1=S. The molecule has 1 aliphatic heterocycles. The van der Waals surface area contributed by atoms with Crippen molar-refractivity contribution >= 4 is 52.5 Å². The first kappa shape index (κ1) is 24.9. The highest BCUT2D eigenvalue weighted by Gasteiger charge is 2.35. The zero-order valence-electron chi connectivity index (χ0n) is 20.7. The smallest absolute Gasteiger partial charge is 0.270 e. The van der Waals surface area contributed by atoms with Crippen LogP contribution in [0.2, 0.25) is 5.02 Å². The van der Waals surface area contributed by atoms with Crippen molar-refractivity contribution in [2.45, 2.75) is 47.0 Å². The number of amides is 2. The summed E-state index contributed by atoms with van der Waals surface area (Å²) >= 11 is 11.6. The molecule has 35 heavy (non-hydrogen) atoms. The molecule has 1 N–H and O–H groups in total. The number of rotatable bonds is 3. The number of hydrogen-bond acceptors (Lipinski definition) is 3. The zero-order chi connectivity index (χ0) is 25.7. The standard InChI is InChI=1S/C28H28ClN3O2S/c1-16-14-19(18(3)31(16)21-12-10-20(11-13-21)28(4,5)6)15-22-25(33)30-27(35)32(26(22)34)24-9-7-8-23(29)17(24)2/h7-15H,1-6H3,(H,30,33,35)/b22-15+. The summed E-state index contributed by atoms with van der Waals surface area (Å²) in [6, 6.07) is 15.7. The quantitative estimate of drug-likeness (QED) is 0.262. The Morgan fingerprint density at radius 2 is 1.66 bits per heavy atom. The molecule has 1 aliphatic rings. The van der Waals surface area contributed by atoms with Gasteiger partial charge in [-0.2, -0.15) is 0 Å². The fourth-order valence-corrected chi connectivity index (χ4v) is 4.76. The van der Waals surface area contributed by atoms with Crippen LogP contribution in [0.4, 0.5) is 5.69 Å². The fraction of sp³-hybridized carbons (Fsp3) is 0.250. The molecule has 3 aromatic rings. The molecule has 1 aromatic heterocycles. The summed E-state index contributed by atoms with van der Waals surface area (Å²) in [4.78, 5) is 27.6. The normalized spacial score (nSPS) is 15.7. The van der Waals surface area contributed by atoms with E-state index in [4.69, 9.17) is 23.8 Å². The molecule has 2 amide bonds. The fourth-order valence-electron chi connectivity index (χ4n) is 4.31. The van der Waals surface area contributed by atoms with E-state index >= 15 is 0 Å². The maximum Gasteiger partial charge on any atom is 0.270 e. The second-order valence-electron chi connectivity index (χ2n) is 9.80. The van der Waals surface area contributed by atoms with E-state index < -0.39 is 11.8 Å². The molecule has 2 aromatic carbocycles. The van der Waals surface area contributed by atoms with Gasteiger partial charge in [0.2, 0.25) is 0 Å². The predicted molar refractivity (Wildman–Crippen MR) is 146 cm³/mol. The Balaban J connectivity index is 1.75. The van der Waals surface area contributed by atoms with Gasteiger partial charge in [0.05, 0.1) is 5.69 Å². The Morgan fingerprint density at radius 3 is 2.29 bits per heavy atom. The molecule has 0 atom stereocenters. The topological polar surface area (TPSA) is 54.3 Å². The number of anilines is 1. The van der Waals surface area contributed by atoms with E-state index in [0.717, 1.165) is 22.6 Å². The number of benzene rings is 2. The van der Waals surface area contributed by atoms with Crippen molar-refractivity contribution in [3.63, 3.8) is 0 Å². The third-order valence-corrected chi connectivity index (χ3v) is 7.04. The van der Waals surface area contributed by atoms with E-state index in [1.54, 1.807) is 24.3 Å². The maximum absolute atomic E-state index is 13.5. The number of nitrogens with zero attached hydrogens (tertiary/aromatic N) is 2. The minimum atomic E-state index is -0.518. The number of hydrogen-bond donors (Lipinski definition) is 1. The minimum Gasteiger partial charge on any atom is -0.318 e. The van der Waals surface area contributed by atoms with Gasteiger partial charge in [-0.15, -0.1) is 0 Å². The lowest BCUT2D eigenvalue weighted by Crippen LogP contribution is -2.54. The Labute approximate surface area is 216 Å². The number of carbonyl (C=O) groups is 2. The van der Waals surface area contributed by atoms with E-state index in [2.05, 4.69) is 54.9 Å². The first-order chi connectivity index (χ1) is 16.4. The van der Waals surface area contributed by atoms with Crippen LogP contribution < -0.4 is 10.2 Å². The zero-order valence-corrected chi connectivity index (χ0v) is 22.3. The van der Waals surface area contributed by atoms with Crippen LogP contribution in [-0.2, 0) is 15.0 Å². The van der Waals surface area contributed by atoms with Crippen molar-refractivity contribution < 1.29 is 9.59 Å². The third kappa shape index (κ3) is 4.56. The van der Waals surface area contributed by atoms with Crippen LogP contribution in [0.1, 0.15) is 48.8 Å². The van der Waals surface area contributed by atoms with Crippen LogP contribution in [0, 0.1) is 20.8 Å². The molecule has 180 valence electrons. The lowest BCUT2D eigenvalue weighted by molar-refractivity contribution is -0.122. The Kier molecular flexibility index (Phi) is 6.47. The summed E-state index contributed by atoms with van der Waals surface area (Å²) in [5.74, 6) is -1.00. The molecule has 2 heterocycles. The molecule has 0 unspecified atom stereocenters. The number of carbonyl (C=O) groups excluding carboxylic acids is 2. The van der Waals surface area contributed by atoms with Crippen molar-refractivity contribution in [2.24, 2.45) is 0 Å². The van der Waals surface area contributed by atoms with Crippen LogP contribution in [0.25, 0.3) is 11.8 Å². The van der Waals surface area contributed by atoms with Gasteiger partial charge in [-0.3, -0.25) is 19.8 Å². The Hall–Kier alpha value is -3.22. The van der Waals surface area contributed by atoms with Crippen molar-refractivity contribution in [2.75, 3.05) is 4.90 Å². The molecule has 0 aliphatic carbocycles. The van der Waals surface area contributed by atoms with Crippen molar-refractivity contribution in [3.8, 4) is 5.69 Å². The molecule has 0 spiro atoms. The second kappa shape index (κ2) is 9.10. The van der Waals surface area contributed by atoms with Gasteiger partial charge in [0.15, 0.2) is 5.11 Å². The largest absolute Gasteiger partial charge is 0.318 e. The lowest BCUT2D eigenvalue weighted by atomic mass is 9.87. The average molecular weight is 506 g/mol. The van der Waals surface area contributed by atoms with E-state index in [9.17, 15) is 9.59 Å². The van der Waals surface area contributed by atoms with Gasteiger partial charge in [-0.05, 0) is 91.5 Å². The van der Waals surface area contributed by atoms with E-state index in [1.807, 2.05) is 26.8 Å². The summed E-state index contributed by atoms with van der Waals surface area (Å²) in [5.41, 5.74) is 6.32. The first-order valence-electron chi connectivity index (χ1n) is 11.4. The molecule has 1 fully saturated rings. The van der Waals surface area contributed by atoms with Gasteiger partial charge in [0.1, 0.15) is 5.57 Å².